The summed E-state index contributed by atoms with van der Waals surface area (Å²) in [6, 6.07) is 12.1. The van der Waals surface area contributed by atoms with Gasteiger partial charge in [-0.2, -0.15) is 4.31 Å². The average molecular weight is 396 g/mol. The Morgan fingerprint density at radius 1 is 1.08 bits per heavy atom. The zero-order valence-corrected chi connectivity index (χ0v) is 15.7. The van der Waals surface area contributed by atoms with E-state index in [-0.39, 0.29) is 21.2 Å². The minimum atomic E-state index is -3.85. The van der Waals surface area contributed by atoms with E-state index in [9.17, 15) is 18.5 Å². The number of benzene rings is 2. The second-order valence-corrected chi connectivity index (χ2v) is 8.38. The Morgan fingerprint density at radius 2 is 1.69 bits per heavy atom. The lowest BCUT2D eigenvalue weighted by Crippen LogP contribution is -2.48. The fraction of sp³-hybridized carbons (Fsp3) is 0.294. The van der Waals surface area contributed by atoms with Crippen LogP contribution in [0, 0.1) is 17.0 Å². The number of sulfonamides is 1. The summed E-state index contributed by atoms with van der Waals surface area (Å²) in [5.74, 6) is 0. The molecule has 1 heterocycles. The largest absolute Gasteiger partial charge is 0.369 e. The smallest absolute Gasteiger partial charge is 0.275 e. The summed E-state index contributed by atoms with van der Waals surface area (Å²) in [6.07, 6.45) is 0. The monoisotopic (exact) mass is 395 g/mol. The van der Waals surface area contributed by atoms with Gasteiger partial charge in [0, 0.05) is 43.5 Å². The third-order valence-electron chi connectivity index (χ3n) is 4.48. The van der Waals surface area contributed by atoms with Gasteiger partial charge in [-0.25, -0.2) is 8.42 Å². The zero-order chi connectivity index (χ0) is 18.9. The second-order valence-electron chi connectivity index (χ2n) is 6.03. The van der Waals surface area contributed by atoms with Gasteiger partial charge in [0.05, 0.1) is 14.8 Å². The molecule has 0 amide bonds. The summed E-state index contributed by atoms with van der Waals surface area (Å²) in [7, 11) is -3.85. The number of para-hydroxylation sites is 1. The average Bonchev–Trinajstić information content (AvgIpc) is 2.64. The molecule has 1 aliphatic rings. The third kappa shape index (κ3) is 3.53. The summed E-state index contributed by atoms with van der Waals surface area (Å²) in [5, 5.41) is 11.2. The first-order valence-corrected chi connectivity index (χ1v) is 9.87. The van der Waals surface area contributed by atoms with Gasteiger partial charge < -0.3 is 4.90 Å². The zero-order valence-electron chi connectivity index (χ0n) is 14.1. The molecule has 0 spiro atoms. The van der Waals surface area contributed by atoms with Gasteiger partial charge in [0.2, 0.25) is 10.0 Å². The molecular weight excluding hydrogens is 378 g/mol. The molecule has 0 saturated carbocycles. The molecule has 26 heavy (non-hydrogen) atoms. The molecule has 0 aliphatic carbocycles. The predicted octanol–water partition coefficient (Wildman–Crippen LogP) is 3.07. The first-order chi connectivity index (χ1) is 12.3. The van der Waals surface area contributed by atoms with E-state index < -0.39 is 14.9 Å². The molecule has 0 atom stereocenters. The summed E-state index contributed by atoms with van der Waals surface area (Å²) in [6.45, 7) is 3.19. The molecule has 2 aromatic rings. The van der Waals surface area contributed by atoms with E-state index in [1.54, 1.807) is 0 Å². The molecule has 1 saturated heterocycles. The van der Waals surface area contributed by atoms with Gasteiger partial charge in [-0.1, -0.05) is 29.8 Å². The summed E-state index contributed by atoms with van der Waals surface area (Å²) >= 11 is 6.02. The lowest BCUT2D eigenvalue weighted by Gasteiger charge is -2.35. The lowest BCUT2D eigenvalue weighted by atomic mass is 10.2. The number of nitro benzene ring substituents is 1. The molecule has 3 rings (SSSR count). The van der Waals surface area contributed by atoms with Crippen molar-refractivity contribution < 1.29 is 13.3 Å². The Bertz CT molecular complexity index is 927. The van der Waals surface area contributed by atoms with Crippen LogP contribution in [0.3, 0.4) is 0 Å². The van der Waals surface area contributed by atoms with Gasteiger partial charge in [0.15, 0.2) is 0 Å². The minimum Gasteiger partial charge on any atom is -0.369 e. The van der Waals surface area contributed by atoms with Crippen LogP contribution in [-0.4, -0.2) is 43.8 Å². The summed E-state index contributed by atoms with van der Waals surface area (Å²) in [5.41, 5.74) is 1.00. The van der Waals surface area contributed by atoms with Crippen molar-refractivity contribution in [1.29, 1.82) is 0 Å². The van der Waals surface area contributed by atoms with Gasteiger partial charge in [0.25, 0.3) is 5.69 Å². The number of rotatable bonds is 4. The highest BCUT2D eigenvalue weighted by Gasteiger charge is 2.31. The van der Waals surface area contributed by atoms with Crippen LogP contribution in [0.5, 0.6) is 0 Å². The fourth-order valence-electron chi connectivity index (χ4n) is 2.95. The van der Waals surface area contributed by atoms with E-state index in [0.29, 0.717) is 26.2 Å². The van der Waals surface area contributed by atoms with Crippen molar-refractivity contribution in [2.45, 2.75) is 11.8 Å². The van der Waals surface area contributed by atoms with Gasteiger partial charge in [-0.05, 0) is 25.1 Å². The Morgan fingerprint density at radius 3 is 2.27 bits per heavy atom. The highest BCUT2D eigenvalue weighted by Crippen LogP contribution is 2.31. The summed E-state index contributed by atoms with van der Waals surface area (Å²) < 4.78 is 27.1. The quantitative estimate of drug-likeness (QED) is 0.586. The van der Waals surface area contributed by atoms with Crippen LogP contribution in [0.4, 0.5) is 11.4 Å². The highest BCUT2D eigenvalue weighted by atomic mass is 35.5. The van der Waals surface area contributed by atoms with E-state index in [2.05, 4.69) is 4.90 Å². The molecule has 138 valence electrons. The van der Waals surface area contributed by atoms with Crippen LogP contribution in [0.25, 0.3) is 0 Å². The molecule has 0 aromatic heterocycles. The van der Waals surface area contributed by atoms with Gasteiger partial charge in [0.1, 0.15) is 0 Å². The topological polar surface area (TPSA) is 83.8 Å². The molecule has 7 nitrogen and oxygen atoms in total. The number of hydrogen-bond donors (Lipinski definition) is 0. The van der Waals surface area contributed by atoms with Crippen LogP contribution in [0.2, 0.25) is 5.02 Å². The number of nitrogens with zero attached hydrogens (tertiary/aromatic N) is 3. The maximum absolute atomic E-state index is 12.9. The number of nitro groups is 1. The van der Waals surface area contributed by atoms with E-state index in [1.165, 1.54) is 17.3 Å². The van der Waals surface area contributed by atoms with Crippen LogP contribution < -0.4 is 4.90 Å². The first-order valence-electron chi connectivity index (χ1n) is 8.05. The number of piperazine rings is 1. The van der Waals surface area contributed by atoms with Crippen molar-refractivity contribution in [2.75, 3.05) is 31.1 Å². The van der Waals surface area contributed by atoms with Crippen LogP contribution in [0.1, 0.15) is 5.56 Å². The molecule has 1 fully saturated rings. The Hall–Kier alpha value is -2.16. The van der Waals surface area contributed by atoms with Crippen LogP contribution >= 0.6 is 11.6 Å². The highest BCUT2D eigenvalue weighted by molar-refractivity contribution is 7.89. The maximum Gasteiger partial charge on any atom is 0.275 e. The lowest BCUT2D eigenvalue weighted by molar-refractivity contribution is -0.385. The Balaban J connectivity index is 1.83. The van der Waals surface area contributed by atoms with Crippen LogP contribution in [-0.2, 0) is 10.0 Å². The van der Waals surface area contributed by atoms with Gasteiger partial charge in [-0.15, -0.1) is 0 Å². The van der Waals surface area contributed by atoms with E-state index in [1.807, 2.05) is 30.3 Å². The summed E-state index contributed by atoms with van der Waals surface area (Å²) in [4.78, 5) is 12.5. The first kappa shape index (κ1) is 18.6. The van der Waals surface area contributed by atoms with Crippen molar-refractivity contribution in [2.24, 2.45) is 0 Å². The molecule has 0 radical (unpaired) electrons. The number of hydrogen-bond acceptors (Lipinski definition) is 5. The van der Waals surface area contributed by atoms with Crippen molar-refractivity contribution in [3.63, 3.8) is 0 Å². The van der Waals surface area contributed by atoms with Gasteiger partial charge in [-0.3, -0.25) is 10.1 Å². The van der Waals surface area contributed by atoms with E-state index in [4.69, 9.17) is 11.6 Å². The molecular formula is C17H18ClN3O4S. The van der Waals surface area contributed by atoms with Crippen molar-refractivity contribution in [1.82, 2.24) is 4.31 Å². The predicted molar refractivity (Wildman–Crippen MR) is 100 cm³/mol. The van der Waals surface area contributed by atoms with Crippen molar-refractivity contribution in [3.05, 3.63) is 63.2 Å². The molecule has 1 aliphatic heterocycles. The molecule has 9 heteroatoms. The molecule has 0 unspecified atom stereocenters. The number of halogens is 1. The second kappa shape index (κ2) is 7.22. The maximum atomic E-state index is 12.9. The van der Waals surface area contributed by atoms with Crippen molar-refractivity contribution >= 4 is 33.0 Å². The van der Waals surface area contributed by atoms with E-state index in [0.717, 1.165) is 11.8 Å². The number of anilines is 1. The van der Waals surface area contributed by atoms with Crippen LogP contribution in [0.15, 0.2) is 47.4 Å². The Labute approximate surface area is 157 Å². The standard InChI is InChI=1S/C17H18ClN3O4S/c1-13-16(18)11-15(12-17(13)21(22)23)26(24,25)20-9-7-19(8-10-20)14-5-3-2-4-6-14/h2-6,11-12H,7-10H2,1H3. The normalized spacial score (nSPS) is 15.8. The minimum absolute atomic E-state index is 0.0701. The SMILES string of the molecule is Cc1c(Cl)cc(S(=O)(=O)N2CCN(c3ccccc3)CC2)cc1[N+](=O)[O-]. The molecule has 2 aromatic carbocycles. The van der Waals surface area contributed by atoms with Gasteiger partial charge >= 0.3 is 0 Å². The Kier molecular flexibility index (Phi) is 5.17. The van der Waals surface area contributed by atoms with E-state index >= 15 is 0 Å². The van der Waals surface area contributed by atoms with Crippen molar-refractivity contribution in [3.8, 4) is 0 Å². The molecule has 0 N–H and O–H groups in total. The third-order valence-corrected chi connectivity index (χ3v) is 6.75. The molecule has 0 bridgehead atoms. The fourth-order valence-corrected chi connectivity index (χ4v) is 4.70.